The second-order valence-corrected chi connectivity index (χ2v) is 6.54. The number of amides is 1. The van der Waals surface area contributed by atoms with Gasteiger partial charge in [-0.3, -0.25) is 14.9 Å². The summed E-state index contributed by atoms with van der Waals surface area (Å²) in [6, 6.07) is 3.17. The van der Waals surface area contributed by atoms with Crippen molar-refractivity contribution in [1.82, 2.24) is 9.62 Å². The van der Waals surface area contributed by atoms with E-state index in [9.17, 15) is 23.3 Å². The molecule has 0 saturated carbocycles. The smallest absolute Gasteiger partial charge is 0.270 e. The van der Waals surface area contributed by atoms with Crippen molar-refractivity contribution in [2.24, 2.45) is 0 Å². The minimum absolute atomic E-state index is 0.0290. The zero-order valence-electron chi connectivity index (χ0n) is 11.4. The molecule has 0 atom stereocenters. The molecule has 0 heterocycles. The van der Waals surface area contributed by atoms with Crippen LogP contribution in [-0.4, -0.2) is 44.2 Å². The molecule has 116 valence electrons. The average Bonchev–Trinajstić information content (AvgIpc) is 2.44. The van der Waals surface area contributed by atoms with Crippen LogP contribution in [0.15, 0.2) is 23.1 Å². The van der Waals surface area contributed by atoms with Gasteiger partial charge in [0, 0.05) is 39.2 Å². The van der Waals surface area contributed by atoms with Crippen LogP contribution < -0.4 is 5.32 Å². The Morgan fingerprint density at radius 1 is 1.48 bits per heavy atom. The second-order valence-electron chi connectivity index (χ2n) is 4.12. The third kappa shape index (κ3) is 4.13. The van der Waals surface area contributed by atoms with Gasteiger partial charge in [-0.2, -0.15) is 0 Å². The van der Waals surface area contributed by atoms with Crippen molar-refractivity contribution in [2.75, 3.05) is 20.6 Å². The van der Waals surface area contributed by atoms with Crippen LogP contribution in [0.25, 0.3) is 0 Å². The quantitative estimate of drug-likeness (QED) is 0.616. The van der Waals surface area contributed by atoms with E-state index >= 15 is 0 Å². The minimum atomic E-state index is -4.01. The number of sulfonamides is 1. The monoisotopic (exact) mass is 335 g/mol. The number of nitrogens with one attached hydrogen (secondary N) is 1. The molecule has 0 aliphatic heterocycles. The van der Waals surface area contributed by atoms with Gasteiger partial charge in [0.2, 0.25) is 15.9 Å². The van der Waals surface area contributed by atoms with Gasteiger partial charge in [0.25, 0.3) is 5.69 Å². The Balaban J connectivity index is 3.09. The number of benzene rings is 1. The molecule has 1 aromatic rings. The average molecular weight is 336 g/mol. The van der Waals surface area contributed by atoms with Crippen molar-refractivity contribution in [2.45, 2.75) is 11.3 Å². The molecule has 0 aromatic heterocycles. The highest BCUT2D eigenvalue weighted by Crippen LogP contribution is 2.28. The lowest BCUT2D eigenvalue weighted by atomic mass is 10.3. The Labute approximate surface area is 126 Å². The highest BCUT2D eigenvalue weighted by atomic mass is 35.5. The van der Waals surface area contributed by atoms with Crippen LogP contribution in [0, 0.1) is 10.1 Å². The fraction of sp³-hybridized carbons (Fsp3) is 0.364. The Bertz CT molecular complexity index is 662. The number of hydrogen-bond acceptors (Lipinski definition) is 5. The van der Waals surface area contributed by atoms with Crippen molar-refractivity contribution >= 4 is 33.2 Å². The largest absolute Gasteiger partial charge is 0.359 e. The number of non-ortho nitro benzene ring substituents is 1. The van der Waals surface area contributed by atoms with E-state index in [4.69, 9.17) is 11.6 Å². The van der Waals surface area contributed by atoms with Gasteiger partial charge in [-0.05, 0) is 6.07 Å². The van der Waals surface area contributed by atoms with Crippen molar-refractivity contribution in [3.8, 4) is 0 Å². The number of nitrogens with zero attached hydrogens (tertiary/aromatic N) is 2. The third-order valence-corrected chi connectivity index (χ3v) is 5.08. The maximum Gasteiger partial charge on any atom is 0.270 e. The first-order valence-electron chi connectivity index (χ1n) is 5.81. The van der Waals surface area contributed by atoms with Gasteiger partial charge in [-0.1, -0.05) is 11.6 Å². The van der Waals surface area contributed by atoms with Crippen LogP contribution in [0.1, 0.15) is 6.42 Å². The highest BCUT2D eigenvalue weighted by Gasteiger charge is 2.26. The normalized spacial score (nSPS) is 11.4. The zero-order chi connectivity index (χ0) is 16.2. The molecule has 1 rings (SSSR count). The molecule has 0 radical (unpaired) electrons. The molecule has 1 amide bonds. The van der Waals surface area contributed by atoms with Crippen molar-refractivity contribution < 1.29 is 18.1 Å². The van der Waals surface area contributed by atoms with Gasteiger partial charge in [-0.25, -0.2) is 12.7 Å². The predicted octanol–water partition coefficient (Wildman–Crippen LogP) is 1.00. The number of nitro benzene ring substituents is 1. The van der Waals surface area contributed by atoms with Crippen LogP contribution >= 0.6 is 11.6 Å². The van der Waals surface area contributed by atoms with E-state index in [1.165, 1.54) is 14.1 Å². The molecule has 0 fully saturated rings. The van der Waals surface area contributed by atoms with E-state index < -0.39 is 14.9 Å². The Hall–Kier alpha value is -1.71. The maximum absolute atomic E-state index is 12.3. The van der Waals surface area contributed by atoms with E-state index in [0.717, 1.165) is 22.5 Å². The van der Waals surface area contributed by atoms with Gasteiger partial charge in [0.1, 0.15) is 4.90 Å². The Morgan fingerprint density at radius 3 is 2.62 bits per heavy atom. The number of nitro groups is 1. The molecule has 0 aliphatic rings. The van der Waals surface area contributed by atoms with Crippen molar-refractivity contribution in [3.05, 3.63) is 33.3 Å². The molecular formula is C11H14ClN3O5S. The molecule has 0 saturated heterocycles. The van der Waals surface area contributed by atoms with Gasteiger partial charge in [-0.15, -0.1) is 0 Å². The lowest BCUT2D eigenvalue weighted by molar-refractivity contribution is -0.385. The number of carbonyl (C=O) groups excluding carboxylic acids is 1. The first-order valence-corrected chi connectivity index (χ1v) is 7.62. The van der Waals surface area contributed by atoms with Gasteiger partial charge >= 0.3 is 0 Å². The van der Waals surface area contributed by atoms with Crippen molar-refractivity contribution in [3.63, 3.8) is 0 Å². The summed E-state index contributed by atoms with van der Waals surface area (Å²) in [6.07, 6.45) is -0.0290. The SMILES string of the molecule is CNC(=O)CCN(C)S(=O)(=O)c1cc([N+](=O)[O-])ccc1Cl. The van der Waals surface area contributed by atoms with E-state index in [1.807, 2.05) is 0 Å². The van der Waals surface area contributed by atoms with Crippen LogP contribution in [0.2, 0.25) is 5.02 Å². The van der Waals surface area contributed by atoms with E-state index in [-0.39, 0.29) is 34.5 Å². The molecule has 8 nitrogen and oxygen atoms in total. The van der Waals surface area contributed by atoms with E-state index in [2.05, 4.69) is 5.32 Å². The summed E-state index contributed by atoms with van der Waals surface area (Å²) in [7, 11) is -1.30. The number of rotatable bonds is 6. The number of halogens is 1. The second kappa shape index (κ2) is 6.83. The first-order chi connectivity index (χ1) is 9.70. The van der Waals surface area contributed by atoms with Gasteiger partial charge < -0.3 is 5.32 Å². The van der Waals surface area contributed by atoms with Crippen LogP contribution in [-0.2, 0) is 14.8 Å². The number of hydrogen-bond donors (Lipinski definition) is 1. The summed E-state index contributed by atoms with van der Waals surface area (Å²) < 4.78 is 25.6. The summed E-state index contributed by atoms with van der Waals surface area (Å²) in [5, 5.41) is 13.0. The first kappa shape index (κ1) is 17.3. The van der Waals surface area contributed by atoms with E-state index in [1.54, 1.807) is 0 Å². The molecule has 0 aliphatic carbocycles. The highest BCUT2D eigenvalue weighted by molar-refractivity contribution is 7.89. The molecule has 0 unspecified atom stereocenters. The standard InChI is InChI=1S/C11H14ClN3O5S/c1-13-11(16)5-6-14(2)21(19,20)10-7-8(15(17)18)3-4-9(10)12/h3-4,7H,5-6H2,1-2H3,(H,13,16). The van der Waals surface area contributed by atoms with Gasteiger partial charge in [0.05, 0.1) is 9.95 Å². The summed E-state index contributed by atoms with van der Waals surface area (Å²) in [6.45, 7) is -0.0684. The Kier molecular flexibility index (Phi) is 5.64. The van der Waals surface area contributed by atoms with Crippen LogP contribution in [0.3, 0.4) is 0 Å². The topological polar surface area (TPSA) is 110 Å². The van der Waals surface area contributed by atoms with E-state index in [0.29, 0.717) is 0 Å². The molecule has 0 bridgehead atoms. The third-order valence-electron chi connectivity index (χ3n) is 2.75. The minimum Gasteiger partial charge on any atom is -0.359 e. The fourth-order valence-corrected chi connectivity index (χ4v) is 3.14. The molecule has 1 aromatic carbocycles. The molecule has 1 N–H and O–H groups in total. The van der Waals surface area contributed by atoms with Crippen LogP contribution in [0.5, 0.6) is 0 Å². The summed E-state index contributed by atoms with van der Waals surface area (Å²) >= 11 is 5.81. The number of carbonyl (C=O) groups is 1. The lowest BCUT2D eigenvalue weighted by Gasteiger charge is -2.17. The molecule has 0 spiro atoms. The molecular weight excluding hydrogens is 322 g/mol. The fourth-order valence-electron chi connectivity index (χ4n) is 1.48. The maximum atomic E-state index is 12.3. The zero-order valence-corrected chi connectivity index (χ0v) is 12.9. The predicted molar refractivity (Wildman–Crippen MR) is 76.6 cm³/mol. The van der Waals surface area contributed by atoms with Crippen molar-refractivity contribution in [1.29, 1.82) is 0 Å². The summed E-state index contributed by atoms with van der Waals surface area (Å²) in [5.74, 6) is -0.317. The molecule has 10 heteroatoms. The van der Waals surface area contributed by atoms with Gasteiger partial charge in [0.15, 0.2) is 0 Å². The molecule has 21 heavy (non-hydrogen) atoms. The van der Waals surface area contributed by atoms with Crippen LogP contribution in [0.4, 0.5) is 5.69 Å². The summed E-state index contributed by atoms with van der Waals surface area (Å²) in [4.78, 5) is 20.8. The lowest BCUT2D eigenvalue weighted by Crippen LogP contribution is -2.31. The summed E-state index contributed by atoms with van der Waals surface area (Å²) in [5.41, 5.74) is -0.377. The Morgan fingerprint density at radius 2 is 2.10 bits per heavy atom.